The molecule has 0 bridgehead atoms. The first-order chi connectivity index (χ1) is 11.0. The highest BCUT2D eigenvalue weighted by Gasteiger charge is 2.17. The van der Waals surface area contributed by atoms with Gasteiger partial charge in [0.25, 0.3) is 0 Å². The summed E-state index contributed by atoms with van der Waals surface area (Å²) in [4.78, 5) is 13.9. The highest BCUT2D eigenvalue weighted by molar-refractivity contribution is 6.31. The highest BCUT2D eigenvalue weighted by Crippen LogP contribution is 2.34. The van der Waals surface area contributed by atoms with Crippen LogP contribution >= 0.6 is 11.6 Å². The number of aromatic amines is 1. The van der Waals surface area contributed by atoms with Crippen LogP contribution in [0.5, 0.6) is 0 Å². The summed E-state index contributed by atoms with van der Waals surface area (Å²) in [5.41, 5.74) is 2.13. The zero-order valence-corrected chi connectivity index (χ0v) is 12.6. The van der Waals surface area contributed by atoms with Crippen molar-refractivity contribution in [3.63, 3.8) is 0 Å². The van der Waals surface area contributed by atoms with Crippen LogP contribution in [0.2, 0.25) is 5.02 Å². The number of aromatic nitrogens is 1. The fourth-order valence-electron chi connectivity index (χ4n) is 2.63. The molecule has 0 aliphatic rings. The number of nitrogens with one attached hydrogen (secondary N) is 1. The summed E-state index contributed by atoms with van der Waals surface area (Å²) in [5, 5.41) is 9.70. The van der Waals surface area contributed by atoms with Crippen LogP contribution in [-0.2, 0) is 11.2 Å². The van der Waals surface area contributed by atoms with E-state index in [2.05, 4.69) is 4.98 Å². The van der Waals surface area contributed by atoms with Crippen LogP contribution in [0, 0.1) is 11.6 Å². The van der Waals surface area contributed by atoms with Crippen molar-refractivity contribution in [1.82, 2.24) is 4.98 Å². The van der Waals surface area contributed by atoms with Gasteiger partial charge in [-0.25, -0.2) is 8.78 Å². The van der Waals surface area contributed by atoms with Gasteiger partial charge in [-0.3, -0.25) is 4.79 Å². The fourth-order valence-corrected chi connectivity index (χ4v) is 2.83. The van der Waals surface area contributed by atoms with Crippen molar-refractivity contribution in [3.8, 4) is 11.3 Å². The third-order valence-electron chi connectivity index (χ3n) is 3.65. The van der Waals surface area contributed by atoms with E-state index in [0.29, 0.717) is 22.2 Å². The molecule has 0 radical (unpaired) electrons. The summed E-state index contributed by atoms with van der Waals surface area (Å²) in [6, 6.07) is 8.50. The molecule has 0 aliphatic heterocycles. The van der Waals surface area contributed by atoms with E-state index in [9.17, 15) is 13.6 Å². The molecule has 0 saturated carbocycles. The Morgan fingerprint density at radius 2 is 1.87 bits per heavy atom. The lowest BCUT2D eigenvalue weighted by molar-refractivity contribution is -0.136. The number of aliphatic carboxylic acids is 1. The number of benzene rings is 2. The van der Waals surface area contributed by atoms with E-state index < -0.39 is 11.8 Å². The second-order valence-corrected chi connectivity index (χ2v) is 5.63. The average Bonchev–Trinajstić information content (AvgIpc) is 2.84. The molecule has 0 fully saturated rings. The Balaban J connectivity index is 2.22. The van der Waals surface area contributed by atoms with Gasteiger partial charge in [0, 0.05) is 22.5 Å². The van der Waals surface area contributed by atoms with Crippen LogP contribution in [-0.4, -0.2) is 16.1 Å². The van der Waals surface area contributed by atoms with E-state index in [1.165, 1.54) is 18.2 Å². The summed E-state index contributed by atoms with van der Waals surface area (Å²) in [5.74, 6) is -1.85. The standard InChI is InChI=1S/C17H12ClF2NO2/c18-10-7-13-12(5-6-15(22)23)16(21-17(13)14(20)8-10)9-1-3-11(19)4-2-9/h1-4,7-8,21H,5-6H2,(H,22,23). The summed E-state index contributed by atoms with van der Waals surface area (Å²) < 4.78 is 27.2. The van der Waals surface area contributed by atoms with Crippen LogP contribution in [0.1, 0.15) is 12.0 Å². The molecule has 3 nitrogen and oxygen atoms in total. The molecule has 0 atom stereocenters. The number of hydrogen-bond acceptors (Lipinski definition) is 1. The Morgan fingerprint density at radius 3 is 2.52 bits per heavy atom. The quantitative estimate of drug-likeness (QED) is 0.720. The van der Waals surface area contributed by atoms with Gasteiger partial charge in [0.1, 0.15) is 11.6 Å². The monoisotopic (exact) mass is 335 g/mol. The topological polar surface area (TPSA) is 53.1 Å². The molecular weight excluding hydrogens is 324 g/mol. The highest BCUT2D eigenvalue weighted by atomic mass is 35.5. The minimum atomic E-state index is -0.952. The summed E-state index contributed by atoms with van der Waals surface area (Å²) in [6.45, 7) is 0. The first-order valence-electron chi connectivity index (χ1n) is 6.93. The van der Waals surface area contributed by atoms with Gasteiger partial charge in [0.15, 0.2) is 0 Å². The van der Waals surface area contributed by atoms with Crippen molar-refractivity contribution in [2.24, 2.45) is 0 Å². The Bertz CT molecular complexity index is 888. The normalized spacial score (nSPS) is 11.1. The predicted octanol–water partition coefficient (Wildman–Crippen LogP) is 4.78. The number of hydrogen-bond donors (Lipinski definition) is 2. The lowest BCUT2D eigenvalue weighted by Crippen LogP contribution is -1.98. The molecule has 0 saturated heterocycles. The number of H-pyrrole nitrogens is 1. The van der Waals surface area contributed by atoms with Crippen molar-refractivity contribution in [1.29, 1.82) is 0 Å². The minimum Gasteiger partial charge on any atom is -0.481 e. The van der Waals surface area contributed by atoms with E-state index in [4.69, 9.17) is 16.7 Å². The molecule has 2 N–H and O–H groups in total. The van der Waals surface area contributed by atoms with Crippen LogP contribution in [0.25, 0.3) is 22.2 Å². The molecule has 2 aromatic carbocycles. The van der Waals surface area contributed by atoms with Crippen molar-refractivity contribution in [2.75, 3.05) is 0 Å². The molecule has 118 valence electrons. The Morgan fingerprint density at radius 1 is 1.17 bits per heavy atom. The van der Waals surface area contributed by atoms with Gasteiger partial charge in [0.05, 0.1) is 5.52 Å². The fraction of sp³-hybridized carbons (Fsp3) is 0.118. The summed E-state index contributed by atoms with van der Waals surface area (Å²) in [7, 11) is 0. The van der Waals surface area contributed by atoms with E-state index in [0.717, 1.165) is 0 Å². The Labute approximate surface area is 135 Å². The van der Waals surface area contributed by atoms with Crippen molar-refractivity contribution in [2.45, 2.75) is 12.8 Å². The number of fused-ring (bicyclic) bond motifs is 1. The van der Waals surface area contributed by atoms with Crippen LogP contribution in [0.4, 0.5) is 8.78 Å². The second kappa shape index (κ2) is 6.01. The van der Waals surface area contributed by atoms with Gasteiger partial charge in [-0.1, -0.05) is 11.6 Å². The lowest BCUT2D eigenvalue weighted by Gasteiger charge is -2.04. The third kappa shape index (κ3) is 3.05. The molecule has 0 amide bonds. The number of halogens is 3. The molecule has 0 aliphatic carbocycles. The van der Waals surface area contributed by atoms with Crippen molar-refractivity contribution in [3.05, 3.63) is 58.6 Å². The maximum absolute atomic E-state index is 14.1. The Kier molecular flexibility index (Phi) is 4.05. The van der Waals surface area contributed by atoms with E-state index >= 15 is 0 Å². The molecular formula is C17H12ClF2NO2. The molecule has 23 heavy (non-hydrogen) atoms. The molecule has 3 rings (SSSR count). The molecule has 1 heterocycles. The maximum atomic E-state index is 14.1. The van der Waals surface area contributed by atoms with Gasteiger partial charge in [-0.05, 0) is 53.9 Å². The van der Waals surface area contributed by atoms with Crippen molar-refractivity contribution < 1.29 is 18.7 Å². The molecule has 0 unspecified atom stereocenters. The van der Waals surface area contributed by atoms with Gasteiger partial charge < -0.3 is 10.1 Å². The van der Waals surface area contributed by atoms with Gasteiger partial charge in [-0.15, -0.1) is 0 Å². The first-order valence-corrected chi connectivity index (χ1v) is 7.31. The van der Waals surface area contributed by atoms with E-state index in [-0.39, 0.29) is 29.2 Å². The van der Waals surface area contributed by atoms with Gasteiger partial charge in [-0.2, -0.15) is 0 Å². The SMILES string of the molecule is O=C(O)CCc1c(-c2ccc(F)cc2)[nH]c2c(F)cc(Cl)cc12. The van der Waals surface area contributed by atoms with Crippen molar-refractivity contribution >= 4 is 28.5 Å². The minimum absolute atomic E-state index is 0.102. The van der Waals surface area contributed by atoms with Crippen LogP contribution in [0.15, 0.2) is 36.4 Å². The number of carboxylic acid groups (broad SMARTS) is 1. The van der Waals surface area contributed by atoms with Gasteiger partial charge in [0.2, 0.25) is 0 Å². The van der Waals surface area contributed by atoms with Crippen LogP contribution in [0.3, 0.4) is 0 Å². The van der Waals surface area contributed by atoms with E-state index in [1.807, 2.05) is 0 Å². The molecule has 0 spiro atoms. The number of carbonyl (C=O) groups is 1. The average molecular weight is 336 g/mol. The largest absolute Gasteiger partial charge is 0.481 e. The number of rotatable bonds is 4. The lowest BCUT2D eigenvalue weighted by atomic mass is 10.0. The smallest absolute Gasteiger partial charge is 0.303 e. The molecule has 3 aromatic rings. The van der Waals surface area contributed by atoms with E-state index in [1.54, 1.807) is 18.2 Å². The Hall–Kier alpha value is -2.40. The molecule has 6 heteroatoms. The van der Waals surface area contributed by atoms with Crippen LogP contribution < -0.4 is 0 Å². The molecule has 1 aromatic heterocycles. The summed E-state index contributed by atoms with van der Waals surface area (Å²) in [6.07, 6.45) is 0.108. The zero-order chi connectivity index (χ0) is 16.6. The first kappa shape index (κ1) is 15.5. The second-order valence-electron chi connectivity index (χ2n) is 5.19. The maximum Gasteiger partial charge on any atom is 0.303 e. The number of carboxylic acids is 1. The third-order valence-corrected chi connectivity index (χ3v) is 3.87. The number of aryl methyl sites for hydroxylation is 1. The van der Waals surface area contributed by atoms with Gasteiger partial charge >= 0.3 is 5.97 Å². The summed E-state index contributed by atoms with van der Waals surface area (Å²) >= 11 is 5.91. The predicted molar refractivity (Wildman–Crippen MR) is 84.6 cm³/mol. The zero-order valence-electron chi connectivity index (χ0n) is 11.9.